The Morgan fingerprint density at radius 2 is 2.00 bits per heavy atom. The summed E-state index contributed by atoms with van der Waals surface area (Å²) in [5.41, 5.74) is 1.45. The van der Waals surface area contributed by atoms with E-state index in [1.165, 1.54) is 6.20 Å². The second-order valence-electron chi connectivity index (χ2n) is 3.49. The molecule has 0 aliphatic carbocycles. The molecule has 0 spiro atoms. The van der Waals surface area contributed by atoms with Crippen molar-refractivity contribution >= 4 is 28.0 Å². The van der Waals surface area contributed by atoms with Crippen LogP contribution in [-0.4, -0.2) is 11.0 Å². The number of hydrogen-bond acceptors (Lipinski definition) is 3. The van der Waals surface area contributed by atoms with Crippen LogP contribution in [0.4, 0.5) is 0 Å². The quantitative estimate of drug-likeness (QED) is 0.641. The first kappa shape index (κ1) is 12.5. The van der Waals surface area contributed by atoms with Gasteiger partial charge in [0.15, 0.2) is 0 Å². The minimum absolute atomic E-state index is 0.410. The molecular formula is C14H10BrNO2. The van der Waals surface area contributed by atoms with E-state index in [0.717, 1.165) is 5.56 Å². The molecule has 0 aliphatic heterocycles. The average molecular weight is 304 g/mol. The summed E-state index contributed by atoms with van der Waals surface area (Å²) in [4.78, 5) is 17.4. The highest BCUT2D eigenvalue weighted by molar-refractivity contribution is 9.11. The Bertz CT molecular complexity index is 550. The molecule has 0 N–H and O–H groups in total. The lowest BCUT2D eigenvalue weighted by molar-refractivity contribution is 0.0734. The zero-order valence-corrected chi connectivity index (χ0v) is 11.0. The molecule has 4 heteroatoms. The van der Waals surface area contributed by atoms with Crippen LogP contribution in [0.2, 0.25) is 0 Å². The monoisotopic (exact) mass is 303 g/mol. The van der Waals surface area contributed by atoms with Crippen LogP contribution in [0.1, 0.15) is 15.9 Å². The summed E-state index contributed by atoms with van der Waals surface area (Å²) >= 11 is 3.20. The van der Waals surface area contributed by atoms with Gasteiger partial charge in [-0.2, -0.15) is 0 Å². The fourth-order valence-corrected chi connectivity index (χ4v) is 1.67. The molecule has 0 fully saturated rings. The second kappa shape index (κ2) is 6.12. The lowest BCUT2D eigenvalue weighted by atomic mass is 10.2. The minimum Gasteiger partial charge on any atom is -0.423 e. The summed E-state index contributed by atoms with van der Waals surface area (Å²) < 4.78 is 5.22. The maximum atomic E-state index is 11.7. The molecule has 1 aromatic heterocycles. The van der Waals surface area contributed by atoms with Crippen molar-refractivity contribution in [1.29, 1.82) is 0 Å². The van der Waals surface area contributed by atoms with Crippen molar-refractivity contribution in [3.63, 3.8) is 0 Å². The summed E-state index contributed by atoms with van der Waals surface area (Å²) in [5.74, 6) is 0.0995. The molecule has 0 saturated carbocycles. The molecule has 0 amide bonds. The summed E-state index contributed by atoms with van der Waals surface area (Å²) in [6, 6.07) is 10.6. The van der Waals surface area contributed by atoms with Crippen LogP contribution in [0.5, 0.6) is 5.75 Å². The second-order valence-corrected chi connectivity index (χ2v) is 4.02. The first-order valence-electron chi connectivity index (χ1n) is 5.28. The van der Waals surface area contributed by atoms with Gasteiger partial charge >= 0.3 is 5.97 Å². The number of hydrogen-bond donors (Lipinski definition) is 0. The zero-order chi connectivity index (χ0) is 12.8. The van der Waals surface area contributed by atoms with Gasteiger partial charge in [0.1, 0.15) is 5.75 Å². The number of pyridine rings is 1. The fourth-order valence-electron chi connectivity index (χ4n) is 1.37. The van der Waals surface area contributed by atoms with E-state index in [-0.39, 0.29) is 0 Å². The fraction of sp³-hybridized carbons (Fsp3) is 0. The number of nitrogens with zero attached hydrogens (tertiary/aromatic N) is 1. The molecule has 1 aromatic carbocycles. The Balaban J connectivity index is 2.08. The van der Waals surface area contributed by atoms with Crippen LogP contribution >= 0.6 is 15.9 Å². The van der Waals surface area contributed by atoms with Gasteiger partial charge in [0.05, 0.1) is 5.56 Å². The van der Waals surface area contributed by atoms with Crippen LogP contribution in [0, 0.1) is 0 Å². The van der Waals surface area contributed by atoms with Gasteiger partial charge < -0.3 is 4.74 Å². The van der Waals surface area contributed by atoms with E-state index < -0.39 is 5.97 Å². The molecule has 0 radical (unpaired) electrons. The molecule has 0 saturated heterocycles. The summed E-state index contributed by atoms with van der Waals surface area (Å²) in [5, 5.41) is 0. The molecule has 2 rings (SSSR count). The van der Waals surface area contributed by atoms with Gasteiger partial charge in [-0.1, -0.05) is 28.1 Å². The van der Waals surface area contributed by atoms with Crippen molar-refractivity contribution in [2.45, 2.75) is 0 Å². The number of rotatable bonds is 3. The number of halogens is 1. The van der Waals surface area contributed by atoms with Gasteiger partial charge in [-0.15, -0.1) is 0 Å². The van der Waals surface area contributed by atoms with E-state index in [2.05, 4.69) is 20.9 Å². The molecule has 0 bridgehead atoms. The summed E-state index contributed by atoms with van der Waals surface area (Å²) in [6.07, 6.45) is 4.98. The van der Waals surface area contributed by atoms with Crippen molar-refractivity contribution in [2.75, 3.05) is 0 Å². The molecule has 0 aliphatic rings. The topological polar surface area (TPSA) is 39.2 Å². The van der Waals surface area contributed by atoms with Crippen molar-refractivity contribution in [3.8, 4) is 5.75 Å². The van der Waals surface area contributed by atoms with Crippen molar-refractivity contribution in [2.24, 2.45) is 0 Å². The smallest absolute Gasteiger partial charge is 0.345 e. The standard InChI is InChI=1S/C14H10BrNO2/c15-8-7-11-3-5-13(6-4-11)18-14(17)12-2-1-9-16-10-12/h1-10H/b8-7+. The lowest BCUT2D eigenvalue weighted by Crippen LogP contribution is -2.08. The van der Waals surface area contributed by atoms with Gasteiger partial charge in [-0.3, -0.25) is 4.98 Å². The van der Waals surface area contributed by atoms with E-state index in [4.69, 9.17) is 4.74 Å². The Labute approximate surface area is 113 Å². The van der Waals surface area contributed by atoms with Gasteiger partial charge in [0.2, 0.25) is 0 Å². The average Bonchev–Trinajstić information content (AvgIpc) is 2.42. The third-order valence-corrected chi connectivity index (χ3v) is 2.51. The molecule has 0 atom stereocenters. The molecule has 3 nitrogen and oxygen atoms in total. The number of benzene rings is 1. The Morgan fingerprint density at radius 1 is 1.22 bits per heavy atom. The van der Waals surface area contributed by atoms with Crippen LogP contribution in [0.15, 0.2) is 53.8 Å². The van der Waals surface area contributed by atoms with Crippen LogP contribution in [-0.2, 0) is 0 Å². The van der Waals surface area contributed by atoms with Crippen LogP contribution < -0.4 is 4.74 Å². The van der Waals surface area contributed by atoms with E-state index in [0.29, 0.717) is 11.3 Å². The number of aromatic nitrogens is 1. The molecule has 18 heavy (non-hydrogen) atoms. The third-order valence-electron chi connectivity index (χ3n) is 2.24. The van der Waals surface area contributed by atoms with E-state index in [9.17, 15) is 4.79 Å². The Morgan fingerprint density at radius 3 is 2.61 bits per heavy atom. The number of carbonyl (C=O) groups excluding carboxylic acids is 1. The summed E-state index contributed by atoms with van der Waals surface area (Å²) in [7, 11) is 0. The predicted molar refractivity (Wildman–Crippen MR) is 73.6 cm³/mol. The van der Waals surface area contributed by atoms with Gasteiger partial charge in [0.25, 0.3) is 0 Å². The highest BCUT2D eigenvalue weighted by Gasteiger charge is 2.07. The largest absolute Gasteiger partial charge is 0.423 e. The van der Waals surface area contributed by atoms with Gasteiger partial charge in [-0.05, 0) is 40.9 Å². The first-order chi connectivity index (χ1) is 8.79. The zero-order valence-electron chi connectivity index (χ0n) is 9.42. The number of ether oxygens (including phenoxy) is 1. The number of esters is 1. The van der Waals surface area contributed by atoms with Gasteiger partial charge in [0, 0.05) is 12.4 Å². The maximum Gasteiger partial charge on any atom is 0.345 e. The summed E-state index contributed by atoms with van der Waals surface area (Å²) in [6.45, 7) is 0. The SMILES string of the molecule is O=C(Oc1ccc(/C=C/Br)cc1)c1cccnc1. The normalized spacial score (nSPS) is 10.5. The molecule has 2 aromatic rings. The predicted octanol–water partition coefficient (Wildman–Crippen LogP) is 3.67. The highest BCUT2D eigenvalue weighted by atomic mass is 79.9. The van der Waals surface area contributed by atoms with Crippen LogP contribution in [0.3, 0.4) is 0 Å². The third kappa shape index (κ3) is 3.28. The van der Waals surface area contributed by atoms with E-state index in [1.54, 1.807) is 35.4 Å². The van der Waals surface area contributed by atoms with Crippen molar-refractivity contribution in [3.05, 3.63) is 64.9 Å². The molecular weight excluding hydrogens is 294 g/mol. The highest BCUT2D eigenvalue weighted by Crippen LogP contribution is 2.15. The van der Waals surface area contributed by atoms with Crippen molar-refractivity contribution in [1.82, 2.24) is 4.98 Å². The Kier molecular flexibility index (Phi) is 4.25. The van der Waals surface area contributed by atoms with E-state index in [1.807, 2.05) is 18.2 Å². The molecule has 90 valence electrons. The molecule has 1 heterocycles. The van der Waals surface area contributed by atoms with E-state index >= 15 is 0 Å². The lowest BCUT2D eigenvalue weighted by Gasteiger charge is -2.04. The number of carbonyl (C=O) groups is 1. The van der Waals surface area contributed by atoms with Crippen LogP contribution in [0.25, 0.3) is 6.08 Å². The first-order valence-corrected chi connectivity index (χ1v) is 6.20. The maximum absolute atomic E-state index is 11.7. The molecule has 0 unspecified atom stereocenters. The van der Waals surface area contributed by atoms with Crippen molar-refractivity contribution < 1.29 is 9.53 Å². The Hall–Kier alpha value is -1.94. The van der Waals surface area contributed by atoms with Gasteiger partial charge in [-0.25, -0.2) is 4.79 Å². The minimum atomic E-state index is -0.410.